The van der Waals surface area contributed by atoms with Crippen LogP contribution in [0.15, 0.2) is 71.1 Å². The van der Waals surface area contributed by atoms with Crippen molar-refractivity contribution in [3.05, 3.63) is 83.6 Å². The lowest BCUT2D eigenvalue weighted by Gasteiger charge is -2.25. The minimum Gasteiger partial charge on any atom is -0.507 e. The molecule has 0 saturated carbocycles. The van der Waals surface area contributed by atoms with Crippen molar-refractivity contribution in [2.75, 3.05) is 13.2 Å². The molecule has 8 nitrogen and oxygen atoms in total. The Kier molecular flexibility index (Phi) is 7.50. The number of benzene rings is 1. The fraction of sp³-hybridized carbons (Fsp3) is 0.296. The number of pyridine rings is 1. The highest BCUT2D eigenvalue weighted by Crippen LogP contribution is 2.42. The van der Waals surface area contributed by atoms with Crippen LogP contribution in [0.4, 0.5) is 0 Å². The van der Waals surface area contributed by atoms with Gasteiger partial charge in [0.25, 0.3) is 11.7 Å². The molecule has 1 aromatic carbocycles. The molecule has 1 aliphatic heterocycles. The Labute approximate surface area is 203 Å². The van der Waals surface area contributed by atoms with Gasteiger partial charge >= 0.3 is 0 Å². The molecule has 182 valence electrons. The SMILES string of the molecule is CCCCOc1ccc(C2/C(=C(\O)c3ccncc3)C(=O)C(=O)N2Cc2ccco2)cc1OCC. The molecule has 2 aromatic heterocycles. The lowest BCUT2D eigenvalue weighted by atomic mass is 9.95. The van der Waals surface area contributed by atoms with Crippen molar-refractivity contribution in [3.63, 3.8) is 0 Å². The van der Waals surface area contributed by atoms with Gasteiger partial charge in [-0.15, -0.1) is 0 Å². The lowest BCUT2D eigenvalue weighted by Crippen LogP contribution is -2.29. The monoisotopic (exact) mass is 476 g/mol. The highest BCUT2D eigenvalue weighted by molar-refractivity contribution is 6.46. The number of aromatic nitrogens is 1. The largest absolute Gasteiger partial charge is 0.507 e. The van der Waals surface area contributed by atoms with E-state index in [1.165, 1.54) is 23.6 Å². The highest BCUT2D eigenvalue weighted by atomic mass is 16.5. The van der Waals surface area contributed by atoms with Gasteiger partial charge in [0.15, 0.2) is 11.5 Å². The number of unbranched alkanes of at least 4 members (excludes halogenated alkanes) is 1. The average molecular weight is 477 g/mol. The molecule has 3 aromatic rings. The van der Waals surface area contributed by atoms with E-state index in [2.05, 4.69) is 11.9 Å². The number of hydrogen-bond donors (Lipinski definition) is 1. The Balaban J connectivity index is 1.82. The van der Waals surface area contributed by atoms with Crippen LogP contribution in [0.2, 0.25) is 0 Å². The number of likely N-dealkylation sites (tertiary alicyclic amines) is 1. The molecule has 1 N–H and O–H groups in total. The molecule has 35 heavy (non-hydrogen) atoms. The molecule has 0 radical (unpaired) electrons. The van der Waals surface area contributed by atoms with Gasteiger partial charge in [0.1, 0.15) is 11.5 Å². The van der Waals surface area contributed by atoms with Gasteiger partial charge in [0, 0.05) is 18.0 Å². The topological polar surface area (TPSA) is 102 Å². The number of Topliss-reactive ketones (excluding diaryl/α,β-unsaturated/α-hetero) is 1. The van der Waals surface area contributed by atoms with Crippen molar-refractivity contribution in [2.45, 2.75) is 39.3 Å². The van der Waals surface area contributed by atoms with Gasteiger partial charge in [-0.3, -0.25) is 14.6 Å². The van der Waals surface area contributed by atoms with E-state index in [0.717, 1.165) is 12.8 Å². The standard InChI is InChI=1S/C27H28N2O6/c1-3-5-14-35-21-9-8-19(16-22(21)33-4-2)24-23(25(30)18-10-12-28-13-11-18)26(31)27(32)29(24)17-20-7-6-15-34-20/h6-13,15-16,24,30H,3-5,14,17H2,1-2H3/b25-23+. The molecule has 1 saturated heterocycles. The lowest BCUT2D eigenvalue weighted by molar-refractivity contribution is -0.140. The first kappa shape index (κ1) is 24.1. The van der Waals surface area contributed by atoms with Crippen LogP contribution < -0.4 is 9.47 Å². The molecule has 0 aliphatic carbocycles. The number of nitrogens with zero attached hydrogens (tertiary/aromatic N) is 2. The van der Waals surface area contributed by atoms with Gasteiger partial charge in [-0.25, -0.2) is 0 Å². The summed E-state index contributed by atoms with van der Waals surface area (Å²) >= 11 is 0. The number of carbonyl (C=O) groups is 2. The molecule has 0 bridgehead atoms. The average Bonchev–Trinajstić information content (AvgIpc) is 3.48. The Morgan fingerprint density at radius 1 is 1.09 bits per heavy atom. The van der Waals surface area contributed by atoms with Crippen LogP contribution in [-0.4, -0.2) is 39.9 Å². The maximum atomic E-state index is 13.2. The molecular formula is C27H28N2O6. The fourth-order valence-electron chi connectivity index (χ4n) is 4.03. The zero-order chi connectivity index (χ0) is 24.8. The Bertz CT molecular complexity index is 1200. The highest BCUT2D eigenvalue weighted by Gasteiger charge is 2.46. The van der Waals surface area contributed by atoms with Crippen LogP contribution in [0, 0.1) is 0 Å². The number of ether oxygens (including phenoxy) is 2. The van der Waals surface area contributed by atoms with Crippen LogP contribution in [0.5, 0.6) is 11.5 Å². The molecule has 1 fully saturated rings. The molecule has 1 aliphatic rings. The fourth-order valence-corrected chi connectivity index (χ4v) is 4.03. The maximum absolute atomic E-state index is 13.2. The van der Waals surface area contributed by atoms with Gasteiger partial charge in [-0.1, -0.05) is 19.4 Å². The summed E-state index contributed by atoms with van der Waals surface area (Å²) in [4.78, 5) is 31.7. The van der Waals surface area contributed by atoms with E-state index in [1.807, 2.05) is 6.92 Å². The summed E-state index contributed by atoms with van der Waals surface area (Å²) in [5, 5.41) is 11.1. The number of rotatable bonds is 10. The summed E-state index contributed by atoms with van der Waals surface area (Å²) in [5.74, 6) is -0.139. The molecular weight excluding hydrogens is 448 g/mol. The molecule has 3 heterocycles. The van der Waals surface area contributed by atoms with Crippen LogP contribution in [0.1, 0.15) is 49.6 Å². The van der Waals surface area contributed by atoms with Gasteiger partial charge in [0.2, 0.25) is 0 Å². The Hall–Kier alpha value is -4.07. The minimum absolute atomic E-state index is 0.00476. The third-order valence-corrected chi connectivity index (χ3v) is 5.74. The van der Waals surface area contributed by atoms with E-state index in [9.17, 15) is 14.7 Å². The van der Waals surface area contributed by atoms with E-state index < -0.39 is 17.7 Å². The summed E-state index contributed by atoms with van der Waals surface area (Å²) in [5.41, 5.74) is 0.998. The third kappa shape index (κ3) is 5.06. The third-order valence-electron chi connectivity index (χ3n) is 5.74. The van der Waals surface area contributed by atoms with E-state index in [-0.39, 0.29) is 17.9 Å². The van der Waals surface area contributed by atoms with Crippen molar-refractivity contribution < 1.29 is 28.6 Å². The summed E-state index contributed by atoms with van der Waals surface area (Å²) in [7, 11) is 0. The van der Waals surface area contributed by atoms with Crippen LogP contribution in [0.3, 0.4) is 0 Å². The number of aliphatic hydroxyl groups is 1. The maximum Gasteiger partial charge on any atom is 0.296 e. The van der Waals surface area contributed by atoms with E-state index in [0.29, 0.717) is 41.6 Å². The molecule has 1 amide bonds. The summed E-state index contributed by atoms with van der Waals surface area (Å²) < 4.78 is 17.2. The molecule has 1 atom stereocenters. The number of ketones is 1. The molecule has 4 rings (SSSR count). The Morgan fingerprint density at radius 2 is 1.89 bits per heavy atom. The minimum atomic E-state index is -0.850. The number of amides is 1. The van der Waals surface area contributed by atoms with Gasteiger partial charge in [-0.05, 0) is 55.3 Å². The molecule has 8 heteroatoms. The smallest absolute Gasteiger partial charge is 0.296 e. The normalized spacial score (nSPS) is 17.1. The molecule has 1 unspecified atom stereocenters. The predicted octanol–water partition coefficient (Wildman–Crippen LogP) is 4.87. The second-order valence-corrected chi connectivity index (χ2v) is 8.08. The summed E-state index contributed by atoms with van der Waals surface area (Å²) in [6.45, 7) is 4.98. The van der Waals surface area contributed by atoms with Crippen LogP contribution in [-0.2, 0) is 16.1 Å². The van der Waals surface area contributed by atoms with Gasteiger partial charge < -0.3 is 23.9 Å². The van der Waals surface area contributed by atoms with Crippen LogP contribution >= 0.6 is 0 Å². The second-order valence-electron chi connectivity index (χ2n) is 8.08. The van der Waals surface area contributed by atoms with Crippen molar-refractivity contribution in [1.82, 2.24) is 9.88 Å². The van der Waals surface area contributed by atoms with E-state index in [1.54, 1.807) is 42.5 Å². The van der Waals surface area contributed by atoms with Crippen molar-refractivity contribution in [2.24, 2.45) is 0 Å². The zero-order valence-corrected chi connectivity index (χ0v) is 19.8. The zero-order valence-electron chi connectivity index (χ0n) is 19.8. The van der Waals surface area contributed by atoms with E-state index in [4.69, 9.17) is 13.9 Å². The number of hydrogen-bond acceptors (Lipinski definition) is 7. The van der Waals surface area contributed by atoms with Crippen LogP contribution in [0.25, 0.3) is 5.76 Å². The summed E-state index contributed by atoms with van der Waals surface area (Å²) in [6, 6.07) is 11.1. The predicted molar refractivity (Wildman–Crippen MR) is 129 cm³/mol. The van der Waals surface area contributed by atoms with Crippen molar-refractivity contribution in [3.8, 4) is 11.5 Å². The Morgan fingerprint density at radius 3 is 2.57 bits per heavy atom. The first-order valence-corrected chi connectivity index (χ1v) is 11.7. The number of furan rings is 1. The number of carbonyl (C=O) groups excluding carboxylic acids is 2. The first-order chi connectivity index (χ1) is 17.0. The molecule has 0 spiro atoms. The second kappa shape index (κ2) is 10.9. The van der Waals surface area contributed by atoms with E-state index >= 15 is 0 Å². The van der Waals surface area contributed by atoms with Crippen molar-refractivity contribution in [1.29, 1.82) is 0 Å². The van der Waals surface area contributed by atoms with Gasteiger partial charge in [-0.2, -0.15) is 0 Å². The first-order valence-electron chi connectivity index (χ1n) is 11.7. The van der Waals surface area contributed by atoms with Gasteiger partial charge in [0.05, 0.1) is 37.6 Å². The quantitative estimate of drug-likeness (QED) is 0.193. The summed E-state index contributed by atoms with van der Waals surface area (Å²) in [6.07, 6.45) is 6.44. The number of aliphatic hydroxyl groups excluding tert-OH is 1. The van der Waals surface area contributed by atoms with Crippen molar-refractivity contribution >= 4 is 17.4 Å².